The largest absolute Gasteiger partial charge is 0.494 e. The first-order valence-corrected chi connectivity index (χ1v) is 6.25. The Kier molecular flexibility index (Phi) is 3.44. The van der Waals surface area contributed by atoms with Gasteiger partial charge < -0.3 is 13.9 Å². The molecule has 104 valence electrons. The van der Waals surface area contributed by atoms with Crippen molar-refractivity contribution in [1.82, 2.24) is 9.97 Å². The summed E-state index contributed by atoms with van der Waals surface area (Å²) in [5.41, 5.74) is 1.90. The maximum Gasteiger partial charge on any atom is 0.274 e. The molecular weight excluding hydrogens is 268 g/mol. The summed E-state index contributed by atoms with van der Waals surface area (Å²) < 4.78 is 16.2. The molecule has 0 saturated carbocycles. The number of oxazole rings is 1. The van der Waals surface area contributed by atoms with Crippen LogP contribution in [0.4, 0.5) is 0 Å². The predicted molar refractivity (Wildman–Crippen MR) is 77.3 cm³/mol. The standard InChI is InChI=1S/C16H12N2O3/c1-19-12-6-7-13(20-2)16-15(12)18-14(21-16)8-5-11-4-3-9-17-10-11/h3-4,6-7,9-10H,1-2H3. The second-order valence-electron chi connectivity index (χ2n) is 4.16. The number of methoxy groups -OCH3 is 2. The number of pyridine rings is 1. The second kappa shape index (κ2) is 5.55. The van der Waals surface area contributed by atoms with Gasteiger partial charge in [-0.05, 0) is 30.2 Å². The summed E-state index contributed by atoms with van der Waals surface area (Å²) in [6, 6.07) is 7.23. The molecule has 0 saturated heterocycles. The van der Waals surface area contributed by atoms with E-state index in [0.29, 0.717) is 28.5 Å². The van der Waals surface area contributed by atoms with E-state index in [2.05, 4.69) is 21.8 Å². The van der Waals surface area contributed by atoms with E-state index in [9.17, 15) is 0 Å². The van der Waals surface area contributed by atoms with Crippen LogP contribution in [0.2, 0.25) is 0 Å². The van der Waals surface area contributed by atoms with E-state index in [1.807, 2.05) is 12.1 Å². The number of rotatable bonds is 2. The van der Waals surface area contributed by atoms with E-state index in [-0.39, 0.29) is 0 Å². The zero-order valence-electron chi connectivity index (χ0n) is 11.6. The molecule has 2 heterocycles. The van der Waals surface area contributed by atoms with Crippen LogP contribution < -0.4 is 9.47 Å². The molecule has 0 amide bonds. The topological polar surface area (TPSA) is 57.4 Å². The molecule has 0 spiro atoms. The SMILES string of the molecule is COc1ccc(OC)c2oc(C#Cc3cccnc3)nc12. The maximum absolute atomic E-state index is 5.64. The lowest BCUT2D eigenvalue weighted by Gasteiger charge is -2.02. The minimum absolute atomic E-state index is 0.302. The fraction of sp³-hybridized carbons (Fsp3) is 0.125. The Balaban J connectivity index is 2.07. The van der Waals surface area contributed by atoms with Gasteiger partial charge in [-0.3, -0.25) is 4.98 Å². The summed E-state index contributed by atoms with van der Waals surface area (Å²) in [6.45, 7) is 0. The summed E-state index contributed by atoms with van der Waals surface area (Å²) in [6.07, 6.45) is 3.37. The van der Waals surface area contributed by atoms with Crippen molar-refractivity contribution >= 4 is 11.1 Å². The highest BCUT2D eigenvalue weighted by atomic mass is 16.5. The van der Waals surface area contributed by atoms with Crippen LogP contribution in [-0.4, -0.2) is 24.2 Å². The third-order valence-corrected chi connectivity index (χ3v) is 2.89. The zero-order valence-corrected chi connectivity index (χ0v) is 11.6. The van der Waals surface area contributed by atoms with Gasteiger partial charge in [0.05, 0.1) is 14.2 Å². The molecule has 5 heteroatoms. The molecule has 1 aromatic carbocycles. The molecule has 0 radical (unpaired) electrons. The van der Waals surface area contributed by atoms with Crippen molar-refractivity contribution < 1.29 is 13.9 Å². The fourth-order valence-corrected chi connectivity index (χ4v) is 1.90. The smallest absolute Gasteiger partial charge is 0.274 e. The fourth-order valence-electron chi connectivity index (χ4n) is 1.90. The predicted octanol–water partition coefficient (Wildman–Crippen LogP) is 2.64. The van der Waals surface area contributed by atoms with Crippen LogP contribution >= 0.6 is 0 Å². The van der Waals surface area contributed by atoms with Crippen LogP contribution in [-0.2, 0) is 0 Å². The molecular formula is C16H12N2O3. The molecule has 2 aromatic heterocycles. The second-order valence-corrected chi connectivity index (χ2v) is 4.16. The summed E-state index contributed by atoms with van der Waals surface area (Å²) in [5.74, 6) is 7.33. The minimum Gasteiger partial charge on any atom is -0.494 e. The van der Waals surface area contributed by atoms with Crippen LogP contribution in [0.3, 0.4) is 0 Å². The third kappa shape index (κ3) is 2.51. The van der Waals surface area contributed by atoms with Gasteiger partial charge in [-0.2, -0.15) is 4.98 Å². The summed E-state index contributed by atoms with van der Waals surface area (Å²) in [5, 5.41) is 0. The van der Waals surface area contributed by atoms with Crippen molar-refractivity contribution in [3.05, 3.63) is 48.1 Å². The highest BCUT2D eigenvalue weighted by Crippen LogP contribution is 2.32. The van der Waals surface area contributed by atoms with Gasteiger partial charge in [-0.15, -0.1) is 0 Å². The molecule has 0 N–H and O–H groups in total. The summed E-state index contributed by atoms with van der Waals surface area (Å²) in [7, 11) is 3.15. The molecule has 5 nitrogen and oxygen atoms in total. The van der Waals surface area contributed by atoms with Gasteiger partial charge in [0, 0.05) is 18.0 Å². The number of fused-ring (bicyclic) bond motifs is 1. The Hall–Kier alpha value is -3.00. The van der Waals surface area contributed by atoms with E-state index in [0.717, 1.165) is 5.56 Å². The molecule has 3 rings (SSSR count). The highest BCUT2D eigenvalue weighted by Gasteiger charge is 2.14. The van der Waals surface area contributed by atoms with E-state index >= 15 is 0 Å². The van der Waals surface area contributed by atoms with Crippen LogP contribution in [0.15, 0.2) is 41.1 Å². The number of nitrogens with zero attached hydrogens (tertiary/aromatic N) is 2. The van der Waals surface area contributed by atoms with E-state index in [4.69, 9.17) is 13.9 Å². The Bertz CT molecular complexity index is 788. The summed E-state index contributed by atoms with van der Waals surface area (Å²) in [4.78, 5) is 8.34. The molecule has 0 fully saturated rings. The lowest BCUT2D eigenvalue weighted by Crippen LogP contribution is -1.87. The molecule has 0 atom stereocenters. The molecule has 0 bridgehead atoms. The van der Waals surface area contributed by atoms with E-state index in [1.165, 1.54) is 0 Å². The van der Waals surface area contributed by atoms with Crippen molar-refractivity contribution in [2.24, 2.45) is 0 Å². The van der Waals surface area contributed by atoms with Crippen molar-refractivity contribution in [2.75, 3.05) is 14.2 Å². The Morgan fingerprint density at radius 3 is 2.57 bits per heavy atom. The maximum atomic E-state index is 5.64. The van der Waals surface area contributed by atoms with Crippen molar-refractivity contribution in [1.29, 1.82) is 0 Å². The monoisotopic (exact) mass is 280 g/mol. The van der Waals surface area contributed by atoms with E-state index in [1.54, 1.807) is 38.7 Å². The van der Waals surface area contributed by atoms with Gasteiger partial charge in [0.1, 0.15) is 5.75 Å². The number of aromatic nitrogens is 2. The van der Waals surface area contributed by atoms with Gasteiger partial charge in [0.15, 0.2) is 11.3 Å². The van der Waals surface area contributed by atoms with Gasteiger partial charge in [0.25, 0.3) is 5.89 Å². The van der Waals surface area contributed by atoms with Crippen LogP contribution in [0.25, 0.3) is 11.1 Å². The third-order valence-electron chi connectivity index (χ3n) is 2.89. The van der Waals surface area contributed by atoms with E-state index < -0.39 is 0 Å². The lowest BCUT2D eigenvalue weighted by molar-refractivity contribution is 0.403. The van der Waals surface area contributed by atoms with Gasteiger partial charge >= 0.3 is 0 Å². The molecule has 21 heavy (non-hydrogen) atoms. The minimum atomic E-state index is 0.302. The average Bonchev–Trinajstić information content (AvgIpc) is 2.97. The Morgan fingerprint density at radius 2 is 1.86 bits per heavy atom. The Labute approximate surface area is 121 Å². The van der Waals surface area contributed by atoms with Crippen molar-refractivity contribution in [2.45, 2.75) is 0 Å². The first-order chi connectivity index (χ1) is 10.3. The number of hydrogen-bond donors (Lipinski definition) is 0. The van der Waals surface area contributed by atoms with Gasteiger partial charge in [0.2, 0.25) is 5.58 Å². The van der Waals surface area contributed by atoms with Gasteiger partial charge in [-0.25, -0.2) is 0 Å². The van der Waals surface area contributed by atoms with Gasteiger partial charge in [-0.1, -0.05) is 5.92 Å². The van der Waals surface area contributed by atoms with Crippen LogP contribution in [0, 0.1) is 11.8 Å². The highest BCUT2D eigenvalue weighted by molar-refractivity contribution is 5.85. The number of benzene rings is 1. The molecule has 3 aromatic rings. The first-order valence-electron chi connectivity index (χ1n) is 6.25. The molecule has 0 aliphatic carbocycles. The summed E-state index contributed by atoms with van der Waals surface area (Å²) >= 11 is 0. The van der Waals surface area contributed by atoms with Crippen LogP contribution in [0.1, 0.15) is 11.5 Å². The first kappa shape index (κ1) is 13.0. The molecule has 0 aliphatic heterocycles. The lowest BCUT2D eigenvalue weighted by atomic mass is 10.3. The molecule has 0 unspecified atom stereocenters. The zero-order chi connectivity index (χ0) is 14.7. The quantitative estimate of drug-likeness (QED) is 0.675. The van der Waals surface area contributed by atoms with Crippen molar-refractivity contribution in [3.63, 3.8) is 0 Å². The average molecular weight is 280 g/mol. The molecule has 0 aliphatic rings. The number of ether oxygens (including phenoxy) is 2. The normalized spacial score (nSPS) is 10.0. The van der Waals surface area contributed by atoms with Crippen LogP contribution in [0.5, 0.6) is 11.5 Å². The van der Waals surface area contributed by atoms with Crippen molar-refractivity contribution in [3.8, 4) is 23.3 Å². The Morgan fingerprint density at radius 1 is 1.05 bits per heavy atom. The number of hydrogen-bond acceptors (Lipinski definition) is 5.